The molecule has 0 aliphatic heterocycles. The van der Waals surface area contributed by atoms with Crippen LogP contribution in [0, 0.1) is 6.92 Å². The van der Waals surface area contributed by atoms with Crippen molar-refractivity contribution in [2.75, 3.05) is 0 Å². The first kappa shape index (κ1) is 19.1. The van der Waals surface area contributed by atoms with E-state index in [9.17, 15) is 9.59 Å². The van der Waals surface area contributed by atoms with Gasteiger partial charge in [-0.2, -0.15) is 4.98 Å². The number of fused-ring (bicyclic) bond motifs is 2. The lowest BCUT2D eigenvalue weighted by Gasteiger charge is -2.09. The number of hydrogen-bond acceptors (Lipinski definition) is 3. The highest BCUT2D eigenvalue weighted by Crippen LogP contribution is 2.15. The molecule has 0 spiro atoms. The van der Waals surface area contributed by atoms with Gasteiger partial charge >= 0.3 is 11.3 Å². The van der Waals surface area contributed by atoms with Gasteiger partial charge in [-0.25, -0.2) is 14.3 Å². The first-order valence-electron chi connectivity index (χ1n) is 10.1. The van der Waals surface area contributed by atoms with Crippen molar-refractivity contribution in [1.29, 1.82) is 0 Å². The molecule has 148 valence electrons. The molecule has 0 aliphatic rings. The second kappa shape index (κ2) is 7.99. The van der Waals surface area contributed by atoms with Gasteiger partial charge in [0, 0.05) is 0 Å². The van der Waals surface area contributed by atoms with Crippen molar-refractivity contribution in [3.63, 3.8) is 0 Å². The molecule has 2 aromatic carbocycles. The fraction of sp³-hybridized carbons (Fsp3) is 0.304. The van der Waals surface area contributed by atoms with E-state index in [0.717, 1.165) is 36.7 Å². The molecule has 0 bridgehead atoms. The number of aromatic amines is 2. The summed E-state index contributed by atoms with van der Waals surface area (Å²) in [6.07, 6.45) is 3.81. The average molecular weight is 389 g/mol. The standard InChI is InChI=1S/C23H24N4O2/c1-3-6-16-10-11-19-18(14-16)24-20-21(25-23(29)26-22(20)28)27(19)12-5-9-17-8-4-7-15(2)13-17/h4,7-8,10-11,13-14H,3,5-6,9,12H2,1-2H3,(H,26,28,29)/p+1. The Balaban J connectivity index is 1.79. The number of rotatable bonds is 6. The third-order valence-corrected chi connectivity index (χ3v) is 5.20. The number of aryl methyl sites for hydroxylation is 4. The highest BCUT2D eigenvalue weighted by atomic mass is 16.2. The Bertz CT molecular complexity index is 1300. The van der Waals surface area contributed by atoms with Crippen molar-refractivity contribution in [2.24, 2.45) is 0 Å². The van der Waals surface area contributed by atoms with Crippen LogP contribution in [-0.2, 0) is 19.4 Å². The number of aromatic nitrogens is 4. The topological polar surface area (TPSA) is 82.5 Å². The molecule has 0 unspecified atom stereocenters. The van der Waals surface area contributed by atoms with E-state index in [-0.39, 0.29) is 5.52 Å². The van der Waals surface area contributed by atoms with Crippen molar-refractivity contribution < 1.29 is 4.57 Å². The Morgan fingerprint density at radius 2 is 1.83 bits per heavy atom. The van der Waals surface area contributed by atoms with E-state index in [1.54, 1.807) is 0 Å². The maximum Gasteiger partial charge on any atom is 0.413 e. The van der Waals surface area contributed by atoms with Crippen LogP contribution < -0.4 is 15.8 Å². The average Bonchev–Trinajstić information content (AvgIpc) is 2.68. The fourth-order valence-electron chi connectivity index (χ4n) is 3.88. The van der Waals surface area contributed by atoms with E-state index in [0.29, 0.717) is 12.2 Å². The summed E-state index contributed by atoms with van der Waals surface area (Å²) in [5.41, 5.74) is 5.18. The van der Waals surface area contributed by atoms with Gasteiger partial charge in [-0.1, -0.05) is 49.2 Å². The molecule has 4 aromatic rings. The Morgan fingerprint density at radius 1 is 1.00 bits per heavy atom. The third-order valence-electron chi connectivity index (χ3n) is 5.20. The predicted molar refractivity (Wildman–Crippen MR) is 114 cm³/mol. The summed E-state index contributed by atoms with van der Waals surface area (Å²) in [4.78, 5) is 33.9. The smallest absolute Gasteiger partial charge is 0.267 e. The van der Waals surface area contributed by atoms with Gasteiger partial charge in [-0.3, -0.25) is 9.78 Å². The van der Waals surface area contributed by atoms with Crippen LogP contribution in [0.15, 0.2) is 52.1 Å². The number of hydrogen-bond donors (Lipinski definition) is 2. The summed E-state index contributed by atoms with van der Waals surface area (Å²) >= 11 is 0. The maximum atomic E-state index is 12.4. The van der Waals surface area contributed by atoms with E-state index in [1.165, 1.54) is 16.7 Å². The first-order chi connectivity index (χ1) is 14.0. The van der Waals surface area contributed by atoms with Crippen molar-refractivity contribution in [3.05, 3.63) is 80.0 Å². The molecule has 0 saturated carbocycles. The lowest BCUT2D eigenvalue weighted by atomic mass is 10.1. The van der Waals surface area contributed by atoms with Crippen LogP contribution in [0.4, 0.5) is 0 Å². The molecule has 6 nitrogen and oxygen atoms in total. The summed E-state index contributed by atoms with van der Waals surface area (Å²) in [6.45, 7) is 4.90. The Morgan fingerprint density at radius 3 is 2.62 bits per heavy atom. The van der Waals surface area contributed by atoms with Crippen LogP contribution in [0.3, 0.4) is 0 Å². The minimum Gasteiger partial charge on any atom is -0.267 e. The molecule has 0 saturated heterocycles. The molecule has 0 atom stereocenters. The van der Waals surface area contributed by atoms with Crippen molar-refractivity contribution >= 4 is 22.2 Å². The zero-order chi connectivity index (χ0) is 20.4. The van der Waals surface area contributed by atoms with E-state index < -0.39 is 11.2 Å². The summed E-state index contributed by atoms with van der Waals surface area (Å²) < 4.78 is 2.01. The summed E-state index contributed by atoms with van der Waals surface area (Å²) in [7, 11) is 0. The molecule has 6 heteroatoms. The highest BCUT2D eigenvalue weighted by Gasteiger charge is 2.18. The van der Waals surface area contributed by atoms with E-state index in [4.69, 9.17) is 0 Å². The molecular formula is C23H25N4O2+. The molecule has 4 rings (SSSR count). The zero-order valence-corrected chi connectivity index (χ0v) is 16.8. The van der Waals surface area contributed by atoms with Crippen LogP contribution in [-0.4, -0.2) is 15.0 Å². The van der Waals surface area contributed by atoms with Crippen LogP contribution in [0.25, 0.3) is 22.2 Å². The van der Waals surface area contributed by atoms with Crippen LogP contribution in [0.2, 0.25) is 0 Å². The third kappa shape index (κ3) is 3.97. The van der Waals surface area contributed by atoms with Gasteiger partial charge in [-0.05, 0) is 49.4 Å². The molecule has 0 fully saturated rings. The second-order valence-electron chi connectivity index (χ2n) is 7.53. The monoisotopic (exact) mass is 389 g/mol. The van der Waals surface area contributed by atoms with Gasteiger partial charge in [0.25, 0.3) is 5.56 Å². The number of nitrogens with one attached hydrogen (secondary N) is 2. The van der Waals surface area contributed by atoms with Crippen molar-refractivity contribution in [1.82, 2.24) is 15.0 Å². The normalized spacial score (nSPS) is 11.4. The van der Waals surface area contributed by atoms with Gasteiger partial charge in [0.1, 0.15) is 5.52 Å². The van der Waals surface area contributed by atoms with E-state index in [1.807, 2.05) is 16.7 Å². The number of nitrogens with zero attached hydrogens (tertiary/aromatic N) is 2. The zero-order valence-electron chi connectivity index (χ0n) is 16.8. The first-order valence-corrected chi connectivity index (χ1v) is 10.1. The Labute approximate surface area is 168 Å². The van der Waals surface area contributed by atoms with Gasteiger partial charge in [-0.15, -0.1) is 0 Å². The van der Waals surface area contributed by atoms with Gasteiger partial charge in [0.05, 0.1) is 6.54 Å². The molecule has 0 amide bonds. The van der Waals surface area contributed by atoms with Crippen LogP contribution >= 0.6 is 0 Å². The molecular weight excluding hydrogens is 364 g/mol. The minimum absolute atomic E-state index is 0.265. The molecule has 0 aliphatic carbocycles. The predicted octanol–water partition coefficient (Wildman–Crippen LogP) is 2.95. The number of H-pyrrole nitrogens is 2. The molecule has 2 heterocycles. The molecule has 2 aromatic heterocycles. The van der Waals surface area contributed by atoms with Crippen LogP contribution in [0.1, 0.15) is 36.5 Å². The SMILES string of the molecule is CCCc1ccc2c(c1)nc1c(=O)[nH]c(=O)[nH]c1[n+]2CCCc1cccc(C)c1. The summed E-state index contributed by atoms with van der Waals surface area (Å²) in [5, 5.41) is 0. The Kier molecular flexibility index (Phi) is 5.25. The highest BCUT2D eigenvalue weighted by molar-refractivity contribution is 5.79. The maximum absolute atomic E-state index is 12.4. The number of benzene rings is 2. The van der Waals surface area contributed by atoms with Crippen molar-refractivity contribution in [3.8, 4) is 0 Å². The van der Waals surface area contributed by atoms with Gasteiger partial charge in [0.15, 0.2) is 5.52 Å². The minimum atomic E-state index is -0.515. The fourth-order valence-corrected chi connectivity index (χ4v) is 3.88. The lowest BCUT2D eigenvalue weighted by Crippen LogP contribution is -2.40. The van der Waals surface area contributed by atoms with Crippen molar-refractivity contribution in [2.45, 2.75) is 46.1 Å². The van der Waals surface area contributed by atoms with Gasteiger partial charge in [0.2, 0.25) is 5.52 Å². The van der Waals surface area contributed by atoms with E-state index >= 15 is 0 Å². The summed E-state index contributed by atoms with van der Waals surface area (Å²) in [5.74, 6) is 0. The Hall–Kier alpha value is -3.28. The van der Waals surface area contributed by atoms with Crippen LogP contribution in [0.5, 0.6) is 0 Å². The molecule has 0 radical (unpaired) electrons. The second-order valence-corrected chi connectivity index (χ2v) is 7.53. The molecule has 29 heavy (non-hydrogen) atoms. The largest absolute Gasteiger partial charge is 0.413 e. The molecule has 2 N–H and O–H groups in total. The summed E-state index contributed by atoms with van der Waals surface area (Å²) in [6, 6.07) is 14.7. The van der Waals surface area contributed by atoms with Gasteiger partial charge < -0.3 is 0 Å². The quantitative estimate of drug-likeness (QED) is 0.393. The lowest BCUT2D eigenvalue weighted by molar-refractivity contribution is -0.648. The van der Waals surface area contributed by atoms with E-state index in [2.05, 4.69) is 59.1 Å².